The third kappa shape index (κ3) is 5.64. The molecule has 1 aliphatic heterocycles. The normalized spacial score (nSPS) is 16.2. The van der Waals surface area contributed by atoms with Gasteiger partial charge in [0.15, 0.2) is 5.82 Å². The number of carbonyl (C=O) groups is 1. The number of aliphatic hydroxyl groups is 1. The number of rotatable bonds is 6. The minimum atomic E-state index is -1.08. The van der Waals surface area contributed by atoms with Crippen molar-refractivity contribution in [1.82, 2.24) is 29.5 Å². The summed E-state index contributed by atoms with van der Waals surface area (Å²) in [5, 5.41) is 14.6. The number of ether oxygens (including phenoxy) is 1. The average molecular weight is 532 g/mol. The Hall–Kier alpha value is -3.93. The van der Waals surface area contributed by atoms with E-state index in [4.69, 9.17) is 4.74 Å². The topological polar surface area (TPSA) is 117 Å². The van der Waals surface area contributed by atoms with E-state index in [2.05, 4.69) is 24.6 Å². The number of aryl methyl sites for hydroxylation is 2. The van der Waals surface area contributed by atoms with Crippen molar-refractivity contribution >= 4 is 28.6 Å². The van der Waals surface area contributed by atoms with E-state index in [-0.39, 0.29) is 23.8 Å². The Bertz CT molecular complexity index is 1380. The van der Waals surface area contributed by atoms with Gasteiger partial charge in [-0.05, 0) is 56.7 Å². The predicted molar refractivity (Wildman–Crippen MR) is 145 cm³/mol. The first kappa shape index (κ1) is 25.7. The Morgan fingerprint density at radius 3 is 2.45 bits per heavy atom. The molecule has 4 aromatic rings. The van der Waals surface area contributed by atoms with Crippen LogP contribution < -0.4 is 15.0 Å². The summed E-state index contributed by atoms with van der Waals surface area (Å²) >= 11 is 1.02. The second kappa shape index (κ2) is 11.2. The lowest BCUT2D eigenvalue weighted by Crippen LogP contribution is -2.55. The Labute approximate surface area is 225 Å². The van der Waals surface area contributed by atoms with E-state index < -0.39 is 6.10 Å². The summed E-state index contributed by atoms with van der Waals surface area (Å²) in [5.41, 5.74) is 2.08. The van der Waals surface area contributed by atoms with Gasteiger partial charge in [-0.2, -0.15) is 9.36 Å². The SMILES string of the molecule is Cc1cc(C)nc(N(C(=O)N2CCNCC2C)c2nc(C(O)c3ccc(Oc4ccccc4)cc3)ns2)n1. The van der Waals surface area contributed by atoms with Crippen molar-refractivity contribution in [3.8, 4) is 11.5 Å². The summed E-state index contributed by atoms with van der Waals surface area (Å²) < 4.78 is 10.2. The molecule has 10 nitrogen and oxygen atoms in total. The molecule has 0 bridgehead atoms. The molecule has 1 fully saturated rings. The van der Waals surface area contributed by atoms with Gasteiger partial charge < -0.3 is 20.1 Å². The lowest BCUT2D eigenvalue weighted by atomic mass is 10.1. The number of anilines is 2. The number of hydrogen-bond acceptors (Lipinski definition) is 9. The zero-order valence-electron chi connectivity index (χ0n) is 21.4. The number of nitrogens with one attached hydrogen (secondary N) is 1. The van der Waals surface area contributed by atoms with Crippen LogP contribution in [0.3, 0.4) is 0 Å². The van der Waals surface area contributed by atoms with Crippen molar-refractivity contribution < 1.29 is 14.6 Å². The number of para-hydroxylation sites is 1. The first-order chi connectivity index (χ1) is 18.4. The van der Waals surface area contributed by atoms with Crippen LogP contribution >= 0.6 is 11.5 Å². The molecule has 2 unspecified atom stereocenters. The largest absolute Gasteiger partial charge is 0.457 e. The van der Waals surface area contributed by atoms with E-state index in [1.54, 1.807) is 29.2 Å². The van der Waals surface area contributed by atoms with Gasteiger partial charge in [0.05, 0.1) is 0 Å². The molecule has 2 amide bonds. The highest BCUT2D eigenvalue weighted by molar-refractivity contribution is 7.10. The Kier molecular flexibility index (Phi) is 7.59. The molecule has 2 aromatic heterocycles. The molecule has 0 spiro atoms. The Morgan fingerprint density at radius 1 is 1.08 bits per heavy atom. The first-order valence-electron chi connectivity index (χ1n) is 12.4. The second-order valence-corrected chi connectivity index (χ2v) is 9.87. The summed E-state index contributed by atoms with van der Waals surface area (Å²) in [5.74, 6) is 1.80. The monoisotopic (exact) mass is 531 g/mol. The molecule has 0 saturated carbocycles. The first-order valence-corrected chi connectivity index (χ1v) is 13.1. The fourth-order valence-corrected chi connectivity index (χ4v) is 4.93. The van der Waals surface area contributed by atoms with E-state index in [1.807, 2.05) is 57.2 Å². The summed E-state index contributed by atoms with van der Waals surface area (Å²) in [6, 6.07) is 18.1. The minimum Gasteiger partial charge on any atom is -0.457 e. The molecular weight excluding hydrogens is 502 g/mol. The van der Waals surface area contributed by atoms with Gasteiger partial charge in [-0.15, -0.1) is 0 Å². The standard InChI is InChI=1S/C27H29N7O3S/c1-17-15-18(2)30-25(29-17)34(27(36)33-14-13-28-16-19(33)3)26-31-24(32-38-26)23(35)20-9-11-22(12-10-20)37-21-7-5-4-6-8-21/h4-12,15,19,23,28,35H,13-14,16H2,1-3H3. The van der Waals surface area contributed by atoms with Crippen LogP contribution in [0.2, 0.25) is 0 Å². The van der Waals surface area contributed by atoms with Gasteiger partial charge in [0, 0.05) is 48.6 Å². The number of hydrogen-bond donors (Lipinski definition) is 2. The molecule has 38 heavy (non-hydrogen) atoms. The van der Waals surface area contributed by atoms with Gasteiger partial charge >= 0.3 is 6.03 Å². The number of aliphatic hydroxyl groups excluding tert-OH is 1. The minimum absolute atomic E-state index is 0.0146. The molecule has 2 aromatic carbocycles. The summed E-state index contributed by atoms with van der Waals surface area (Å²) in [6.45, 7) is 7.64. The molecule has 0 aliphatic carbocycles. The maximum absolute atomic E-state index is 13.8. The number of nitrogens with zero attached hydrogens (tertiary/aromatic N) is 6. The maximum Gasteiger partial charge on any atom is 0.333 e. The zero-order chi connectivity index (χ0) is 26.6. The van der Waals surface area contributed by atoms with Gasteiger partial charge in [0.2, 0.25) is 11.1 Å². The van der Waals surface area contributed by atoms with Crippen molar-refractivity contribution in [1.29, 1.82) is 0 Å². The number of aromatic nitrogens is 4. The number of piperazine rings is 1. The zero-order valence-corrected chi connectivity index (χ0v) is 22.2. The molecule has 196 valence electrons. The molecule has 11 heteroatoms. The van der Waals surface area contributed by atoms with Gasteiger partial charge in [-0.1, -0.05) is 30.3 Å². The quantitative estimate of drug-likeness (QED) is 0.377. The van der Waals surface area contributed by atoms with E-state index in [0.29, 0.717) is 36.1 Å². The van der Waals surface area contributed by atoms with Gasteiger partial charge in [-0.25, -0.2) is 19.7 Å². The summed E-state index contributed by atoms with van der Waals surface area (Å²) in [4.78, 5) is 30.6. The van der Waals surface area contributed by atoms with Crippen molar-refractivity contribution in [2.75, 3.05) is 24.5 Å². The lowest BCUT2D eigenvalue weighted by Gasteiger charge is -2.36. The summed E-state index contributed by atoms with van der Waals surface area (Å²) in [6.07, 6.45) is -1.08. The van der Waals surface area contributed by atoms with Crippen LogP contribution in [0.15, 0.2) is 60.7 Å². The average Bonchev–Trinajstić information content (AvgIpc) is 3.39. The highest BCUT2D eigenvalue weighted by atomic mass is 32.1. The highest BCUT2D eigenvalue weighted by Gasteiger charge is 2.33. The third-order valence-corrected chi connectivity index (χ3v) is 6.87. The lowest BCUT2D eigenvalue weighted by molar-refractivity contribution is 0.173. The molecule has 2 atom stereocenters. The smallest absolute Gasteiger partial charge is 0.333 e. The van der Waals surface area contributed by atoms with Crippen molar-refractivity contribution in [2.24, 2.45) is 0 Å². The highest BCUT2D eigenvalue weighted by Crippen LogP contribution is 2.31. The Balaban J connectivity index is 1.41. The number of carbonyl (C=O) groups excluding carboxylic acids is 1. The van der Waals surface area contributed by atoms with Crippen LogP contribution in [0, 0.1) is 13.8 Å². The maximum atomic E-state index is 13.8. The van der Waals surface area contributed by atoms with Crippen LogP contribution in [0.4, 0.5) is 15.9 Å². The van der Waals surface area contributed by atoms with Crippen LogP contribution in [0.1, 0.15) is 35.8 Å². The van der Waals surface area contributed by atoms with Gasteiger partial charge in [-0.3, -0.25) is 0 Å². The van der Waals surface area contributed by atoms with Crippen molar-refractivity contribution in [3.63, 3.8) is 0 Å². The van der Waals surface area contributed by atoms with Crippen molar-refractivity contribution in [3.05, 3.63) is 83.4 Å². The predicted octanol–water partition coefficient (Wildman–Crippen LogP) is 4.37. The van der Waals surface area contributed by atoms with E-state index >= 15 is 0 Å². The van der Waals surface area contributed by atoms with Crippen LogP contribution in [-0.4, -0.2) is 61.0 Å². The molecular formula is C27H29N7O3S. The van der Waals surface area contributed by atoms with Gasteiger partial charge in [0.25, 0.3) is 0 Å². The molecule has 2 N–H and O–H groups in total. The second-order valence-electron chi connectivity index (χ2n) is 9.14. The van der Waals surface area contributed by atoms with Gasteiger partial charge in [0.1, 0.15) is 17.6 Å². The number of benzene rings is 2. The summed E-state index contributed by atoms with van der Waals surface area (Å²) in [7, 11) is 0. The molecule has 3 heterocycles. The number of amides is 2. The number of urea groups is 1. The van der Waals surface area contributed by atoms with Crippen LogP contribution in [0.5, 0.6) is 11.5 Å². The third-order valence-electron chi connectivity index (χ3n) is 6.15. The van der Waals surface area contributed by atoms with E-state index in [9.17, 15) is 9.90 Å². The molecule has 1 aliphatic rings. The fraction of sp³-hybridized carbons (Fsp3) is 0.296. The van der Waals surface area contributed by atoms with Crippen LogP contribution in [-0.2, 0) is 0 Å². The van der Waals surface area contributed by atoms with E-state index in [0.717, 1.165) is 28.7 Å². The Morgan fingerprint density at radius 2 is 1.76 bits per heavy atom. The van der Waals surface area contributed by atoms with Crippen LogP contribution in [0.25, 0.3) is 0 Å². The van der Waals surface area contributed by atoms with E-state index in [1.165, 1.54) is 4.90 Å². The molecule has 5 rings (SSSR count). The van der Waals surface area contributed by atoms with Crippen molar-refractivity contribution in [2.45, 2.75) is 32.9 Å². The molecule has 0 radical (unpaired) electrons. The fourth-order valence-electron chi connectivity index (χ4n) is 4.23. The molecule has 1 saturated heterocycles.